The lowest BCUT2D eigenvalue weighted by molar-refractivity contribution is 0.0720. The topological polar surface area (TPSA) is 63.0 Å². The van der Waals surface area contributed by atoms with Crippen molar-refractivity contribution < 1.29 is 13.9 Å². The average molecular weight is 481 g/mol. The lowest BCUT2D eigenvalue weighted by Crippen LogP contribution is -2.33. The Balaban J connectivity index is 1.80. The van der Waals surface area contributed by atoms with Crippen molar-refractivity contribution in [3.63, 3.8) is 0 Å². The Labute approximate surface area is 204 Å². The molecule has 0 unspecified atom stereocenters. The number of benzene rings is 2. The minimum absolute atomic E-state index is 0.102. The Hall–Kier alpha value is -3.09. The average Bonchev–Trinajstić information content (AvgIpc) is 3.13. The van der Waals surface area contributed by atoms with Crippen LogP contribution in [0.4, 0.5) is 0 Å². The first-order valence-corrected chi connectivity index (χ1v) is 12.0. The molecule has 1 aliphatic rings. The predicted molar refractivity (Wildman–Crippen MR) is 135 cm³/mol. The van der Waals surface area contributed by atoms with Crippen LogP contribution in [0.2, 0.25) is 5.02 Å². The first-order chi connectivity index (χ1) is 16.5. The van der Waals surface area contributed by atoms with E-state index in [1.165, 1.54) is 0 Å². The summed E-state index contributed by atoms with van der Waals surface area (Å²) in [6, 6.07) is 11.8. The monoisotopic (exact) mass is 480 g/mol. The van der Waals surface area contributed by atoms with Gasteiger partial charge in [-0.2, -0.15) is 0 Å². The van der Waals surface area contributed by atoms with Crippen molar-refractivity contribution in [3.05, 3.63) is 87.3 Å². The van der Waals surface area contributed by atoms with Crippen molar-refractivity contribution in [2.45, 2.75) is 26.3 Å². The van der Waals surface area contributed by atoms with Crippen LogP contribution in [-0.2, 0) is 0 Å². The molecule has 2 aromatic carbocycles. The number of fused-ring (bicyclic) bond motifs is 2. The standard InChI is InChI=1S/C27H29ClN2O4/c1-4-15-33-20-10-7-9-18(16-20)24-23-25(31)21-17-19(28)11-12-22(21)34-26(23)27(32)30(24)14-8-13-29(5-2)6-3/h4,7,9-12,16-17,24H,1,5-6,8,13-15H2,2-3H3/t24-/m0/s1. The van der Waals surface area contributed by atoms with Crippen LogP contribution in [0.25, 0.3) is 11.0 Å². The predicted octanol–water partition coefficient (Wildman–Crippen LogP) is 5.29. The summed E-state index contributed by atoms with van der Waals surface area (Å²) in [5.74, 6) is 0.477. The molecular formula is C27H29ClN2O4. The SMILES string of the molecule is C=CCOc1cccc([C@H]2c3c(oc4ccc(Cl)cc4c3=O)C(=O)N2CCCN(CC)CC)c1. The Morgan fingerprint density at radius 2 is 1.97 bits per heavy atom. The maximum atomic E-state index is 13.6. The summed E-state index contributed by atoms with van der Waals surface area (Å²) < 4.78 is 11.7. The molecule has 2 heterocycles. The van der Waals surface area contributed by atoms with Crippen LogP contribution >= 0.6 is 11.6 Å². The highest BCUT2D eigenvalue weighted by atomic mass is 35.5. The number of carbonyl (C=O) groups is 1. The van der Waals surface area contributed by atoms with Crippen molar-refractivity contribution in [3.8, 4) is 5.75 Å². The highest BCUT2D eigenvalue weighted by Crippen LogP contribution is 2.39. The van der Waals surface area contributed by atoms with Gasteiger partial charge in [0.05, 0.1) is 17.0 Å². The zero-order chi connectivity index (χ0) is 24.2. The summed E-state index contributed by atoms with van der Waals surface area (Å²) in [6.45, 7) is 11.6. The molecule has 6 nitrogen and oxygen atoms in total. The molecule has 0 N–H and O–H groups in total. The van der Waals surface area contributed by atoms with Crippen molar-refractivity contribution >= 4 is 28.5 Å². The second-order valence-corrected chi connectivity index (χ2v) is 8.70. The highest BCUT2D eigenvalue weighted by molar-refractivity contribution is 6.31. The van der Waals surface area contributed by atoms with Crippen LogP contribution in [0.5, 0.6) is 5.75 Å². The van der Waals surface area contributed by atoms with Gasteiger partial charge in [-0.1, -0.05) is 50.2 Å². The summed E-state index contributed by atoms with van der Waals surface area (Å²) >= 11 is 6.16. The van der Waals surface area contributed by atoms with Crippen molar-refractivity contribution in [1.82, 2.24) is 9.80 Å². The van der Waals surface area contributed by atoms with Gasteiger partial charge in [0, 0.05) is 11.6 Å². The quantitative estimate of drug-likeness (QED) is 0.369. The number of carbonyl (C=O) groups excluding carboxylic acids is 1. The van der Waals surface area contributed by atoms with Crippen LogP contribution in [0.1, 0.15) is 48.0 Å². The lowest BCUT2D eigenvalue weighted by Gasteiger charge is -2.27. The maximum absolute atomic E-state index is 13.6. The van der Waals surface area contributed by atoms with Gasteiger partial charge in [-0.15, -0.1) is 0 Å². The number of rotatable bonds is 10. The summed E-state index contributed by atoms with van der Waals surface area (Å²) in [5, 5.41) is 0.810. The number of halogens is 1. The third-order valence-electron chi connectivity index (χ3n) is 6.24. The van der Waals surface area contributed by atoms with E-state index in [9.17, 15) is 9.59 Å². The molecule has 1 amide bonds. The van der Waals surface area contributed by atoms with E-state index in [0.717, 1.165) is 31.6 Å². The molecule has 1 atom stereocenters. The molecule has 3 aromatic rings. The first-order valence-electron chi connectivity index (χ1n) is 11.6. The molecule has 0 fully saturated rings. The molecule has 7 heteroatoms. The summed E-state index contributed by atoms with van der Waals surface area (Å²) in [6.07, 6.45) is 2.45. The minimum Gasteiger partial charge on any atom is -0.490 e. The van der Waals surface area contributed by atoms with Gasteiger partial charge in [0.25, 0.3) is 5.91 Å². The van der Waals surface area contributed by atoms with Crippen LogP contribution < -0.4 is 10.2 Å². The third kappa shape index (κ3) is 4.61. The van der Waals surface area contributed by atoms with E-state index in [4.69, 9.17) is 20.8 Å². The Morgan fingerprint density at radius 3 is 2.71 bits per heavy atom. The van der Waals surface area contributed by atoms with Gasteiger partial charge in [0.1, 0.15) is 17.9 Å². The number of amides is 1. The zero-order valence-electron chi connectivity index (χ0n) is 19.6. The molecule has 0 radical (unpaired) electrons. The van der Waals surface area contributed by atoms with Gasteiger partial charge in [-0.3, -0.25) is 9.59 Å². The van der Waals surface area contributed by atoms with Gasteiger partial charge < -0.3 is 19.0 Å². The largest absolute Gasteiger partial charge is 0.490 e. The number of ether oxygens (including phenoxy) is 1. The van der Waals surface area contributed by atoms with Crippen LogP contribution in [0.3, 0.4) is 0 Å². The van der Waals surface area contributed by atoms with Gasteiger partial charge >= 0.3 is 0 Å². The molecule has 178 valence electrons. The van der Waals surface area contributed by atoms with E-state index in [-0.39, 0.29) is 17.1 Å². The van der Waals surface area contributed by atoms with E-state index in [0.29, 0.717) is 40.5 Å². The first kappa shape index (κ1) is 24.0. The Bertz CT molecular complexity index is 1270. The van der Waals surface area contributed by atoms with E-state index in [1.807, 2.05) is 24.3 Å². The summed E-state index contributed by atoms with van der Waals surface area (Å²) in [4.78, 5) is 31.2. The van der Waals surface area contributed by atoms with E-state index in [1.54, 1.807) is 29.2 Å². The second-order valence-electron chi connectivity index (χ2n) is 8.27. The molecule has 0 aliphatic carbocycles. The molecule has 0 bridgehead atoms. The van der Waals surface area contributed by atoms with Crippen LogP contribution in [0.15, 0.2) is 64.3 Å². The molecule has 34 heavy (non-hydrogen) atoms. The lowest BCUT2D eigenvalue weighted by atomic mass is 9.98. The van der Waals surface area contributed by atoms with Crippen LogP contribution in [-0.4, -0.2) is 48.5 Å². The maximum Gasteiger partial charge on any atom is 0.290 e. The second kappa shape index (κ2) is 10.5. The Morgan fingerprint density at radius 1 is 1.18 bits per heavy atom. The molecule has 4 rings (SSSR count). The van der Waals surface area contributed by atoms with Gasteiger partial charge in [-0.25, -0.2) is 0 Å². The van der Waals surface area contributed by atoms with E-state index >= 15 is 0 Å². The zero-order valence-corrected chi connectivity index (χ0v) is 20.3. The van der Waals surface area contributed by atoms with Gasteiger partial charge in [0.2, 0.25) is 5.76 Å². The summed E-state index contributed by atoms with van der Waals surface area (Å²) in [5.41, 5.74) is 1.27. The van der Waals surface area contributed by atoms with Gasteiger partial charge in [0.15, 0.2) is 5.43 Å². The van der Waals surface area contributed by atoms with Crippen LogP contribution in [0, 0.1) is 0 Å². The normalized spacial score (nSPS) is 15.2. The number of hydrogen-bond donors (Lipinski definition) is 0. The molecule has 0 saturated heterocycles. The fraction of sp³-hybridized carbons (Fsp3) is 0.333. The number of nitrogens with zero attached hydrogens (tertiary/aromatic N) is 2. The highest BCUT2D eigenvalue weighted by Gasteiger charge is 2.42. The molecule has 1 aliphatic heterocycles. The van der Waals surface area contributed by atoms with E-state index < -0.39 is 6.04 Å². The third-order valence-corrected chi connectivity index (χ3v) is 6.47. The van der Waals surface area contributed by atoms with Crippen molar-refractivity contribution in [1.29, 1.82) is 0 Å². The summed E-state index contributed by atoms with van der Waals surface area (Å²) in [7, 11) is 0. The molecular weight excluding hydrogens is 452 g/mol. The van der Waals surface area contributed by atoms with Crippen molar-refractivity contribution in [2.75, 3.05) is 32.8 Å². The fourth-order valence-electron chi connectivity index (χ4n) is 4.50. The van der Waals surface area contributed by atoms with Gasteiger partial charge in [-0.05, 0) is 62.0 Å². The Kier molecular flexibility index (Phi) is 7.39. The molecule has 0 saturated carbocycles. The molecule has 0 spiro atoms. The minimum atomic E-state index is -0.564. The van der Waals surface area contributed by atoms with E-state index in [2.05, 4.69) is 25.3 Å². The fourth-order valence-corrected chi connectivity index (χ4v) is 4.68. The smallest absolute Gasteiger partial charge is 0.290 e. The number of hydrogen-bond acceptors (Lipinski definition) is 5. The molecule has 1 aromatic heterocycles. The van der Waals surface area contributed by atoms with Crippen molar-refractivity contribution in [2.24, 2.45) is 0 Å².